The van der Waals surface area contributed by atoms with Crippen LogP contribution in [0.3, 0.4) is 0 Å². The third kappa shape index (κ3) is 4.69. The number of carbonyl (C=O) groups is 2. The molecule has 32 heavy (non-hydrogen) atoms. The van der Waals surface area contributed by atoms with E-state index >= 15 is 0 Å². The van der Waals surface area contributed by atoms with Crippen LogP contribution in [0.15, 0.2) is 71.5 Å². The second-order valence-corrected chi connectivity index (χ2v) is 7.48. The first-order valence-corrected chi connectivity index (χ1v) is 10.4. The highest BCUT2D eigenvalue weighted by atomic mass is 16.5. The average molecular weight is 432 g/mol. The maximum Gasteiger partial charge on any atom is 0.267 e. The van der Waals surface area contributed by atoms with Crippen LogP contribution in [-0.4, -0.2) is 64.7 Å². The van der Waals surface area contributed by atoms with Gasteiger partial charge in [0.1, 0.15) is 12.3 Å². The van der Waals surface area contributed by atoms with Gasteiger partial charge in [-0.05, 0) is 30.3 Å². The summed E-state index contributed by atoms with van der Waals surface area (Å²) in [7, 11) is 1.58. The minimum Gasteiger partial charge on any atom is -0.497 e. The smallest absolute Gasteiger partial charge is 0.267 e. The zero-order valence-corrected chi connectivity index (χ0v) is 17.8. The molecule has 164 valence electrons. The third-order valence-electron chi connectivity index (χ3n) is 5.48. The van der Waals surface area contributed by atoms with E-state index in [1.807, 2.05) is 30.3 Å². The molecule has 3 aromatic rings. The zero-order valence-electron chi connectivity index (χ0n) is 17.8. The van der Waals surface area contributed by atoms with Gasteiger partial charge in [-0.1, -0.05) is 30.3 Å². The number of amides is 2. The fourth-order valence-corrected chi connectivity index (χ4v) is 3.63. The Hall–Kier alpha value is -3.94. The quantitative estimate of drug-likeness (QED) is 0.615. The van der Waals surface area contributed by atoms with Gasteiger partial charge in [-0.3, -0.25) is 14.4 Å². The summed E-state index contributed by atoms with van der Waals surface area (Å²) in [5, 5.41) is 4.36. The molecule has 0 unspecified atom stereocenters. The normalized spacial score (nSPS) is 13.7. The SMILES string of the molecule is COc1ccc(C(=O)N2CCN(C(=O)Cn3nc(-c4ccccc4)ccc3=O)CC2)cc1. The molecule has 0 atom stereocenters. The van der Waals surface area contributed by atoms with Crippen LogP contribution >= 0.6 is 0 Å². The van der Waals surface area contributed by atoms with Crippen molar-refractivity contribution in [1.82, 2.24) is 19.6 Å². The monoisotopic (exact) mass is 432 g/mol. The van der Waals surface area contributed by atoms with E-state index in [1.54, 1.807) is 47.2 Å². The van der Waals surface area contributed by atoms with Crippen molar-refractivity contribution in [3.05, 3.63) is 82.6 Å². The van der Waals surface area contributed by atoms with Gasteiger partial charge in [-0.15, -0.1) is 0 Å². The summed E-state index contributed by atoms with van der Waals surface area (Å²) >= 11 is 0. The van der Waals surface area contributed by atoms with Crippen LogP contribution in [-0.2, 0) is 11.3 Å². The molecular formula is C24H24N4O4. The van der Waals surface area contributed by atoms with Crippen molar-refractivity contribution in [3.8, 4) is 17.0 Å². The lowest BCUT2D eigenvalue weighted by molar-refractivity contribution is -0.133. The molecule has 8 heteroatoms. The standard InChI is InChI=1S/C24H24N4O4/c1-32-20-9-7-19(8-10-20)24(31)27-15-13-26(14-16-27)23(30)17-28-22(29)12-11-21(25-28)18-5-3-2-4-6-18/h2-12H,13-17H2,1H3. The molecule has 2 amide bonds. The van der Waals surface area contributed by atoms with Crippen molar-refractivity contribution >= 4 is 11.8 Å². The van der Waals surface area contributed by atoms with Gasteiger partial charge in [0.05, 0.1) is 12.8 Å². The molecule has 0 bridgehead atoms. The van der Waals surface area contributed by atoms with Crippen LogP contribution in [0.2, 0.25) is 0 Å². The summed E-state index contributed by atoms with van der Waals surface area (Å²) in [4.78, 5) is 41.1. The van der Waals surface area contributed by atoms with Gasteiger partial charge in [0.15, 0.2) is 0 Å². The molecule has 1 fully saturated rings. The Bertz CT molecular complexity index is 1150. The summed E-state index contributed by atoms with van der Waals surface area (Å²) in [6.45, 7) is 1.56. The van der Waals surface area contributed by atoms with Crippen molar-refractivity contribution in [3.63, 3.8) is 0 Å². The topological polar surface area (TPSA) is 84.7 Å². The largest absolute Gasteiger partial charge is 0.497 e. The second kappa shape index (κ2) is 9.47. The Morgan fingerprint density at radius 1 is 0.875 bits per heavy atom. The maximum atomic E-state index is 12.8. The van der Waals surface area contributed by atoms with Gasteiger partial charge in [0.2, 0.25) is 5.91 Å². The number of ether oxygens (including phenoxy) is 1. The van der Waals surface area contributed by atoms with Gasteiger partial charge in [0, 0.05) is 43.4 Å². The molecule has 1 aliphatic rings. The Kier molecular flexibility index (Phi) is 6.30. The lowest BCUT2D eigenvalue weighted by Gasteiger charge is -2.34. The number of benzene rings is 2. The van der Waals surface area contributed by atoms with Crippen molar-refractivity contribution in [2.24, 2.45) is 0 Å². The first-order chi connectivity index (χ1) is 15.5. The van der Waals surface area contributed by atoms with Crippen molar-refractivity contribution in [2.45, 2.75) is 6.54 Å². The Balaban J connectivity index is 1.37. The van der Waals surface area contributed by atoms with Gasteiger partial charge in [-0.2, -0.15) is 5.10 Å². The summed E-state index contributed by atoms with van der Waals surface area (Å²) in [5.74, 6) is 0.423. The molecule has 1 saturated heterocycles. The minimum atomic E-state index is -0.327. The van der Waals surface area contributed by atoms with E-state index in [0.29, 0.717) is 43.2 Å². The lowest BCUT2D eigenvalue weighted by Crippen LogP contribution is -2.51. The number of hydrogen-bond donors (Lipinski definition) is 0. The number of carbonyl (C=O) groups excluding carboxylic acids is 2. The van der Waals surface area contributed by atoms with Gasteiger partial charge < -0.3 is 14.5 Å². The molecule has 1 aromatic heterocycles. The maximum absolute atomic E-state index is 12.8. The van der Waals surface area contributed by atoms with E-state index in [-0.39, 0.29) is 23.9 Å². The van der Waals surface area contributed by atoms with Crippen LogP contribution in [0.5, 0.6) is 5.75 Å². The Morgan fingerprint density at radius 2 is 1.53 bits per heavy atom. The third-order valence-corrected chi connectivity index (χ3v) is 5.48. The number of methoxy groups -OCH3 is 1. The number of aromatic nitrogens is 2. The summed E-state index contributed by atoms with van der Waals surface area (Å²) < 4.78 is 6.32. The van der Waals surface area contributed by atoms with E-state index in [1.165, 1.54) is 10.7 Å². The predicted molar refractivity (Wildman–Crippen MR) is 119 cm³/mol. The molecule has 0 spiro atoms. The van der Waals surface area contributed by atoms with E-state index in [0.717, 1.165) is 5.56 Å². The zero-order chi connectivity index (χ0) is 22.5. The first-order valence-electron chi connectivity index (χ1n) is 10.4. The highest BCUT2D eigenvalue weighted by Gasteiger charge is 2.25. The number of hydrogen-bond acceptors (Lipinski definition) is 5. The summed E-state index contributed by atoms with van der Waals surface area (Å²) in [5.41, 5.74) is 1.76. The molecule has 0 saturated carbocycles. The van der Waals surface area contributed by atoms with Gasteiger partial charge >= 0.3 is 0 Å². The molecule has 0 N–H and O–H groups in total. The molecule has 0 radical (unpaired) electrons. The molecule has 2 aromatic carbocycles. The Morgan fingerprint density at radius 3 is 2.19 bits per heavy atom. The molecule has 1 aliphatic heterocycles. The highest BCUT2D eigenvalue weighted by molar-refractivity contribution is 5.94. The highest BCUT2D eigenvalue weighted by Crippen LogP contribution is 2.15. The van der Waals surface area contributed by atoms with E-state index in [2.05, 4.69) is 5.10 Å². The lowest BCUT2D eigenvalue weighted by atomic mass is 10.1. The summed E-state index contributed by atoms with van der Waals surface area (Å²) in [6, 6.07) is 19.5. The molecule has 0 aliphatic carbocycles. The van der Waals surface area contributed by atoms with Gasteiger partial charge in [-0.25, -0.2) is 4.68 Å². The van der Waals surface area contributed by atoms with E-state index < -0.39 is 0 Å². The molecule has 8 nitrogen and oxygen atoms in total. The van der Waals surface area contributed by atoms with Crippen molar-refractivity contribution in [1.29, 1.82) is 0 Å². The van der Waals surface area contributed by atoms with Crippen LogP contribution in [0, 0.1) is 0 Å². The summed E-state index contributed by atoms with van der Waals surface area (Å²) in [6.07, 6.45) is 0. The minimum absolute atomic E-state index is 0.0757. The van der Waals surface area contributed by atoms with E-state index in [9.17, 15) is 14.4 Å². The van der Waals surface area contributed by atoms with Crippen LogP contribution in [0.25, 0.3) is 11.3 Å². The number of piperazine rings is 1. The van der Waals surface area contributed by atoms with E-state index in [4.69, 9.17) is 4.74 Å². The Labute approximate surface area is 185 Å². The van der Waals surface area contributed by atoms with Gasteiger partial charge in [0.25, 0.3) is 11.5 Å². The molecule has 4 rings (SSSR count). The fraction of sp³-hybridized carbons (Fsp3) is 0.250. The van der Waals surface area contributed by atoms with Crippen molar-refractivity contribution < 1.29 is 14.3 Å². The molecule has 2 heterocycles. The first kappa shape index (κ1) is 21.3. The van der Waals surface area contributed by atoms with Crippen molar-refractivity contribution in [2.75, 3.05) is 33.3 Å². The number of rotatable bonds is 5. The predicted octanol–water partition coefficient (Wildman–Crippen LogP) is 1.90. The van der Waals surface area contributed by atoms with Crippen LogP contribution in [0.4, 0.5) is 0 Å². The number of nitrogens with zero attached hydrogens (tertiary/aromatic N) is 4. The van der Waals surface area contributed by atoms with Crippen LogP contribution in [0.1, 0.15) is 10.4 Å². The van der Waals surface area contributed by atoms with Crippen LogP contribution < -0.4 is 10.3 Å². The fourth-order valence-electron chi connectivity index (χ4n) is 3.63. The average Bonchev–Trinajstić information content (AvgIpc) is 2.85. The second-order valence-electron chi connectivity index (χ2n) is 7.48. The molecular weight excluding hydrogens is 408 g/mol.